The summed E-state index contributed by atoms with van der Waals surface area (Å²) in [6.07, 6.45) is 0. The number of halogens is 2. The smallest absolute Gasteiger partial charge is 0.336 e. The third kappa shape index (κ3) is 3.13. The Labute approximate surface area is 125 Å². The molecule has 1 N–H and O–H groups in total. The third-order valence-electron chi connectivity index (χ3n) is 2.23. The van der Waals surface area contributed by atoms with E-state index in [4.69, 9.17) is 9.84 Å². The molecule has 0 aliphatic rings. The summed E-state index contributed by atoms with van der Waals surface area (Å²) in [5.74, 6) is -0.444. The topological polar surface area (TPSA) is 46.5 Å². The summed E-state index contributed by atoms with van der Waals surface area (Å²) in [5, 5.41) is 11.0. The Bertz CT molecular complexity index is 580. The lowest BCUT2D eigenvalue weighted by molar-refractivity contribution is 0.0695. The van der Waals surface area contributed by atoms with Crippen LogP contribution in [-0.4, -0.2) is 11.1 Å². The summed E-state index contributed by atoms with van der Waals surface area (Å²) in [6.45, 7) is 0.416. The third-order valence-corrected chi connectivity index (χ3v) is 4.82. The second kappa shape index (κ2) is 5.86. The number of hydrogen-bond donors (Lipinski definition) is 1. The van der Waals surface area contributed by atoms with Crippen molar-refractivity contribution in [2.75, 3.05) is 0 Å². The van der Waals surface area contributed by atoms with Crippen LogP contribution in [0.4, 0.5) is 0 Å². The number of hydrogen-bond acceptors (Lipinski definition) is 3. The largest absolute Gasteiger partial charge is 0.488 e. The summed E-state index contributed by atoms with van der Waals surface area (Å²) >= 11 is 8.19. The van der Waals surface area contributed by atoms with E-state index in [1.54, 1.807) is 23.5 Å². The van der Waals surface area contributed by atoms with Gasteiger partial charge in [0.15, 0.2) is 0 Å². The molecular weight excluding hydrogens is 384 g/mol. The van der Waals surface area contributed by atoms with Crippen molar-refractivity contribution >= 4 is 49.2 Å². The second-order valence-corrected chi connectivity index (χ2v) is 6.14. The van der Waals surface area contributed by atoms with Gasteiger partial charge in [0, 0.05) is 8.95 Å². The van der Waals surface area contributed by atoms with Gasteiger partial charge in [-0.15, -0.1) is 11.3 Å². The Morgan fingerprint density at radius 2 is 2.06 bits per heavy atom. The van der Waals surface area contributed by atoms with Crippen LogP contribution in [0, 0.1) is 0 Å². The lowest BCUT2D eigenvalue weighted by Crippen LogP contribution is -2.00. The molecule has 0 unspecified atom stereocenters. The molecule has 0 saturated carbocycles. The van der Waals surface area contributed by atoms with Crippen LogP contribution >= 0.6 is 43.2 Å². The maximum absolute atomic E-state index is 11.0. The van der Waals surface area contributed by atoms with E-state index in [-0.39, 0.29) is 5.56 Å². The molecule has 0 spiro atoms. The Morgan fingerprint density at radius 1 is 1.28 bits per heavy atom. The van der Waals surface area contributed by atoms with Crippen molar-refractivity contribution in [3.63, 3.8) is 0 Å². The quantitative estimate of drug-likeness (QED) is 0.831. The van der Waals surface area contributed by atoms with Crippen LogP contribution in [-0.2, 0) is 6.61 Å². The van der Waals surface area contributed by atoms with Gasteiger partial charge in [-0.05, 0) is 61.5 Å². The summed E-state index contributed by atoms with van der Waals surface area (Å²) in [6, 6.07) is 6.86. The van der Waals surface area contributed by atoms with Crippen molar-refractivity contribution in [2.45, 2.75) is 6.61 Å². The fourth-order valence-corrected chi connectivity index (χ4v) is 3.13. The van der Waals surface area contributed by atoms with E-state index >= 15 is 0 Å². The molecule has 2 aromatic rings. The van der Waals surface area contributed by atoms with Gasteiger partial charge in [0.1, 0.15) is 12.4 Å². The van der Waals surface area contributed by atoms with Crippen LogP contribution in [0.2, 0.25) is 0 Å². The summed E-state index contributed by atoms with van der Waals surface area (Å²) in [7, 11) is 0. The molecule has 18 heavy (non-hydrogen) atoms. The fourth-order valence-electron chi connectivity index (χ4n) is 1.34. The van der Waals surface area contributed by atoms with Crippen molar-refractivity contribution < 1.29 is 14.6 Å². The molecular formula is C12H8Br2O3S. The number of carboxylic acid groups (broad SMARTS) is 1. The van der Waals surface area contributed by atoms with Gasteiger partial charge in [0.2, 0.25) is 0 Å². The number of ether oxygens (including phenoxy) is 1. The van der Waals surface area contributed by atoms with Crippen molar-refractivity contribution in [3.8, 4) is 5.75 Å². The highest BCUT2D eigenvalue weighted by Gasteiger charge is 2.10. The minimum atomic E-state index is -0.982. The van der Waals surface area contributed by atoms with Crippen LogP contribution < -0.4 is 4.74 Å². The first kappa shape index (κ1) is 13.6. The van der Waals surface area contributed by atoms with Gasteiger partial charge in [-0.2, -0.15) is 0 Å². The molecule has 94 valence electrons. The predicted octanol–water partition coefficient (Wildman–Crippen LogP) is 4.55. The maximum Gasteiger partial charge on any atom is 0.336 e. The number of carbonyl (C=O) groups is 1. The van der Waals surface area contributed by atoms with Crippen molar-refractivity contribution in [3.05, 3.63) is 49.0 Å². The zero-order valence-electron chi connectivity index (χ0n) is 9.02. The van der Waals surface area contributed by atoms with Crippen LogP contribution in [0.25, 0.3) is 0 Å². The van der Waals surface area contributed by atoms with Crippen LogP contribution in [0.1, 0.15) is 15.2 Å². The minimum Gasteiger partial charge on any atom is -0.488 e. The number of thiophene rings is 1. The van der Waals surface area contributed by atoms with Crippen LogP contribution in [0.3, 0.4) is 0 Å². The van der Waals surface area contributed by atoms with Gasteiger partial charge >= 0.3 is 5.97 Å². The van der Waals surface area contributed by atoms with Crippen molar-refractivity contribution in [1.29, 1.82) is 0 Å². The fraction of sp³-hybridized carbons (Fsp3) is 0.0833. The highest BCUT2D eigenvalue weighted by atomic mass is 79.9. The molecule has 1 aromatic heterocycles. The molecule has 2 rings (SSSR count). The molecule has 0 amide bonds. The SMILES string of the molecule is O=C(O)c1cc(OCc2sccc2Br)ccc1Br. The zero-order chi connectivity index (χ0) is 13.1. The molecule has 3 nitrogen and oxygen atoms in total. The molecule has 1 heterocycles. The van der Waals surface area contributed by atoms with Crippen LogP contribution in [0.15, 0.2) is 38.6 Å². The van der Waals surface area contributed by atoms with Crippen LogP contribution in [0.5, 0.6) is 5.75 Å². The summed E-state index contributed by atoms with van der Waals surface area (Å²) < 4.78 is 7.12. The van der Waals surface area contributed by atoms with E-state index in [0.29, 0.717) is 16.8 Å². The molecule has 0 bridgehead atoms. The van der Waals surface area contributed by atoms with Gasteiger partial charge in [-0.25, -0.2) is 4.79 Å². The normalized spacial score (nSPS) is 10.3. The first-order valence-electron chi connectivity index (χ1n) is 4.95. The number of aromatic carboxylic acids is 1. The van der Waals surface area contributed by atoms with Gasteiger partial charge in [-0.1, -0.05) is 0 Å². The van der Waals surface area contributed by atoms with Crippen molar-refractivity contribution in [1.82, 2.24) is 0 Å². The Balaban J connectivity index is 2.13. The molecule has 0 aliphatic heterocycles. The maximum atomic E-state index is 11.0. The Hall–Kier alpha value is -0.850. The van der Waals surface area contributed by atoms with Gasteiger partial charge in [0.25, 0.3) is 0 Å². The average molecular weight is 392 g/mol. The van der Waals surface area contributed by atoms with Gasteiger partial charge in [0.05, 0.1) is 10.4 Å². The zero-order valence-corrected chi connectivity index (χ0v) is 13.0. The minimum absolute atomic E-state index is 0.192. The highest BCUT2D eigenvalue weighted by Crippen LogP contribution is 2.26. The van der Waals surface area contributed by atoms with E-state index in [2.05, 4.69) is 31.9 Å². The lowest BCUT2D eigenvalue weighted by Gasteiger charge is -2.07. The first-order chi connectivity index (χ1) is 8.58. The molecule has 0 fully saturated rings. The monoisotopic (exact) mass is 390 g/mol. The molecule has 0 aliphatic carbocycles. The standard InChI is InChI=1S/C12H8Br2O3S/c13-9-2-1-7(5-8(9)12(15)16)17-6-11-10(14)3-4-18-11/h1-5H,6H2,(H,15,16). The Kier molecular flexibility index (Phi) is 4.42. The highest BCUT2D eigenvalue weighted by molar-refractivity contribution is 9.10. The molecule has 0 radical (unpaired) electrons. The average Bonchev–Trinajstić information content (AvgIpc) is 2.73. The van der Waals surface area contributed by atoms with E-state index in [0.717, 1.165) is 9.35 Å². The second-order valence-electron chi connectivity index (χ2n) is 3.43. The molecule has 0 atom stereocenters. The number of carboxylic acids is 1. The van der Waals surface area contributed by atoms with E-state index in [9.17, 15) is 4.79 Å². The first-order valence-corrected chi connectivity index (χ1v) is 7.42. The van der Waals surface area contributed by atoms with Gasteiger partial charge in [-0.3, -0.25) is 0 Å². The molecule has 6 heteroatoms. The molecule has 0 saturated heterocycles. The molecule has 1 aromatic carbocycles. The van der Waals surface area contributed by atoms with E-state index in [1.807, 2.05) is 11.4 Å². The predicted molar refractivity (Wildman–Crippen MR) is 77.5 cm³/mol. The summed E-state index contributed by atoms with van der Waals surface area (Å²) in [5.41, 5.74) is 0.192. The van der Waals surface area contributed by atoms with Gasteiger partial charge < -0.3 is 9.84 Å². The Morgan fingerprint density at radius 3 is 2.67 bits per heavy atom. The van der Waals surface area contributed by atoms with E-state index < -0.39 is 5.97 Å². The van der Waals surface area contributed by atoms with E-state index in [1.165, 1.54) is 6.07 Å². The van der Waals surface area contributed by atoms with Crippen molar-refractivity contribution in [2.24, 2.45) is 0 Å². The number of benzene rings is 1. The lowest BCUT2D eigenvalue weighted by atomic mass is 10.2. The summed E-state index contributed by atoms with van der Waals surface area (Å²) in [4.78, 5) is 12.0. The number of rotatable bonds is 4.